The number of carbonyl (C=O) groups excluding carboxylic acids is 2. The molecule has 2 rings (SSSR count). The lowest BCUT2D eigenvalue weighted by Gasteiger charge is -2.16. The monoisotopic (exact) mass is 433 g/mol. The number of aliphatic carboxylic acids is 1. The van der Waals surface area contributed by atoms with Gasteiger partial charge in [0.2, 0.25) is 0 Å². The molecule has 1 atom stereocenters. The Morgan fingerprint density at radius 3 is 2.50 bits per heavy atom. The number of nitro benzene ring substituents is 1. The average molecular weight is 433 g/mol. The van der Waals surface area contributed by atoms with Crippen molar-refractivity contribution in [3.8, 4) is 0 Å². The lowest BCUT2D eigenvalue weighted by molar-refractivity contribution is -0.384. The molecule has 0 spiro atoms. The molecule has 2 aromatic rings. The summed E-state index contributed by atoms with van der Waals surface area (Å²) in [5, 5.41) is 24.9. The molecule has 1 aromatic carbocycles. The highest BCUT2D eigenvalue weighted by atomic mass is 32.2. The van der Waals surface area contributed by atoms with Crippen LogP contribution >= 0.6 is 11.8 Å². The molecule has 3 N–H and O–H groups in total. The predicted octanol–water partition coefficient (Wildman–Crippen LogP) is 2.28. The summed E-state index contributed by atoms with van der Waals surface area (Å²) in [6.07, 6.45) is 4.58. The number of nitro groups is 1. The van der Waals surface area contributed by atoms with Gasteiger partial charge in [-0.25, -0.2) is 4.79 Å². The molecule has 0 saturated carbocycles. The zero-order valence-corrected chi connectivity index (χ0v) is 16.7. The zero-order valence-electron chi connectivity index (χ0n) is 15.9. The van der Waals surface area contributed by atoms with Crippen LogP contribution in [-0.4, -0.2) is 45.9 Å². The van der Waals surface area contributed by atoms with Crippen LogP contribution in [0.5, 0.6) is 0 Å². The normalized spacial score (nSPS) is 12.1. The van der Waals surface area contributed by atoms with Gasteiger partial charge in [0.1, 0.15) is 11.7 Å². The SMILES string of the molecule is CSCC[C@H](NC(=O)/C(=C\c1ccc([N+](=O)[O-])cc1)NC(=O)c1ccco1)C(=O)O. The van der Waals surface area contributed by atoms with Crippen molar-refractivity contribution in [1.29, 1.82) is 0 Å². The number of benzene rings is 1. The first-order chi connectivity index (χ1) is 14.3. The van der Waals surface area contributed by atoms with Crippen LogP contribution in [0.4, 0.5) is 5.69 Å². The van der Waals surface area contributed by atoms with Crippen molar-refractivity contribution in [3.05, 3.63) is 69.8 Å². The Kier molecular flexibility index (Phi) is 8.18. The minimum Gasteiger partial charge on any atom is -0.480 e. The van der Waals surface area contributed by atoms with Gasteiger partial charge in [-0.15, -0.1) is 0 Å². The molecule has 0 aliphatic heterocycles. The second-order valence-corrected chi connectivity index (χ2v) is 6.97. The van der Waals surface area contributed by atoms with E-state index in [1.54, 1.807) is 0 Å². The van der Waals surface area contributed by atoms with Crippen LogP contribution in [0.1, 0.15) is 22.5 Å². The molecule has 158 valence electrons. The van der Waals surface area contributed by atoms with Crippen molar-refractivity contribution in [2.45, 2.75) is 12.5 Å². The lowest BCUT2D eigenvalue weighted by atomic mass is 10.1. The summed E-state index contributed by atoms with van der Waals surface area (Å²) in [6.45, 7) is 0. The van der Waals surface area contributed by atoms with Gasteiger partial charge in [-0.3, -0.25) is 19.7 Å². The summed E-state index contributed by atoms with van der Waals surface area (Å²) in [6, 6.07) is 7.03. The molecule has 30 heavy (non-hydrogen) atoms. The van der Waals surface area contributed by atoms with Gasteiger partial charge in [0, 0.05) is 12.1 Å². The van der Waals surface area contributed by atoms with E-state index in [2.05, 4.69) is 10.6 Å². The van der Waals surface area contributed by atoms with Crippen molar-refractivity contribution in [2.24, 2.45) is 0 Å². The zero-order chi connectivity index (χ0) is 22.1. The number of nitrogens with zero attached hydrogens (tertiary/aromatic N) is 1. The summed E-state index contributed by atoms with van der Waals surface area (Å²) in [4.78, 5) is 46.7. The standard InChI is InChI=1S/C19H19N3O7S/c1-30-10-8-14(19(25)26)20-17(23)15(21-18(24)16-3-2-9-29-16)11-12-4-6-13(7-5-12)22(27)28/h2-7,9,11,14H,8,10H2,1H3,(H,20,23)(H,21,24)(H,25,26)/b15-11+/t14-/m0/s1. The van der Waals surface area contributed by atoms with Gasteiger partial charge in [0.05, 0.1) is 11.2 Å². The van der Waals surface area contributed by atoms with Crippen LogP contribution in [0.3, 0.4) is 0 Å². The van der Waals surface area contributed by atoms with Crippen molar-refractivity contribution in [1.82, 2.24) is 10.6 Å². The fourth-order valence-electron chi connectivity index (χ4n) is 2.34. The number of furan rings is 1. The third kappa shape index (κ3) is 6.48. The maximum atomic E-state index is 12.7. The van der Waals surface area contributed by atoms with Crippen molar-refractivity contribution in [3.63, 3.8) is 0 Å². The number of non-ortho nitro benzene ring substituents is 1. The number of hydrogen-bond donors (Lipinski definition) is 3. The number of rotatable bonds is 10. The van der Waals surface area contributed by atoms with Gasteiger partial charge < -0.3 is 20.2 Å². The lowest BCUT2D eigenvalue weighted by Crippen LogP contribution is -2.44. The fourth-order valence-corrected chi connectivity index (χ4v) is 2.81. The van der Waals surface area contributed by atoms with Crippen LogP contribution < -0.4 is 10.6 Å². The van der Waals surface area contributed by atoms with Crippen LogP contribution in [-0.2, 0) is 9.59 Å². The molecule has 1 heterocycles. The highest BCUT2D eigenvalue weighted by molar-refractivity contribution is 7.98. The molecule has 0 bridgehead atoms. The molecule has 11 heteroatoms. The van der Waals surface area contributed by atoms with E-state index in [9.17, 15) is 29.6 Å². The van der Waals surface area contributed by atoms with E-state index in [1.807, 2.05) is 6.26 Å². The van der Waals surface area contributed by atoms with Crippen LogP contribution in [0.2, 0.25) is 0 Å². The maximum absolute atomic E-state index is 12.7. The molecule has 0 radical (unpaired) electrons. The van der Waals surface area contributed by atoms with Crippen molar-refractivity contribution >= 4 is 41.3 Å². The molecule has 0 aliphatic carbocycles. The summed E-state index contributed by atoms with van der Waals surface area (Å²) in [5.74, 6) is -2.27. The van der Waals surface area contributed by atoms with E-state index in [0.29, 0.717) is 11.3 Å². The van der Waals surface area contributed by atoms with E-state index >= 15 is 0 Å². The van der Waals surface area contributed by atoms with E-state index in [1.165, 1.54) is 60.5 Å². The molecule has 0 fully saturated rings. The average Bonchev–Trinajstić information content (AvgIpc) is 3.25. The van der Waals surface area contributed by atoms with Crippen LogP contribution in [0.25, 0.3) is 6.08 Å². The molecular formula is C19H19N3O7S. The van der Waals surface area contributed by atoms with Crippen LogP contribution in [0.15, 0.2) is 52.8 Å². The molecule has 0 unspecified atom stereocenters. The maximum Gasteiger partial charge on any atom is 0.326 e. The minimum absolute atomic E-state index is 0.0467. The second-order valence-electron chi connectivity index (χ2n) is 5.98. The Bertz CT molecular complexity index is 940. The van der Waals surface area contributed by atoms with Gasteiger partial charge in [0.25, 0.3) is 17.5 Å². The smallest absolute Gasteiger partial charge is 0.326 e. The molecule has 0 saturated heterocycles. The van der Waals surface area contributed by atoms with Gasteiger partial charge in [-0.1, -0.05) is 0 Å². The van der Waals surface area contributed by atoms with Gasteiger partial charge >= 0.3 is 5.97 Å². The first-order valence-corrected chi connectivity index (χ1v) is 10.0. The quantitative estimate of drug-likeness (QED) is 0.293. The number of carboxylic acid groups (broad SMARTS) is 1. The number of hydrogen-bond acceptors (Lipinski definition) is 7. The Morgan fingerprint density at radius 1 is 1.27 bits per heavy atom. The largest absolute Gasteiger partial charge is 0.480 e. The van der Waals surface area contributed by atoms with Gasteiger partial charge in [-0.2, -0.15) is 11.8 Å². The number of amides is 2. The molecular weight excluding hydrogens is 414 g/mol. The topological polar surface area (TPSA) is 152 Å². The second kappa shape index (κ2) is 10.8. The predicted molar refractivity (Wildman–Crippen MR) is 110 cm³/mol. The summed E-state index contributed by atoms with van der Waals surface area (Å²) in [5.41, 5.74) is 0.0166. The van der Waals surface area contributed by atoms with Crippen molar-refractivity contribution < 1.29 is 28.8 Å². The summed E-state index contributed by atoms with van der Waals surface area (Å²) in [7, 11) is 0. The fraction of sp³-hybridized carbons (Fsp3) is 0.211. The third-order valence-corrected chi connectivity index (χ3v) is 4.51. The first kappa shape index (κ1) is 22.7. The number of thioether (sulfide) groups is 1. The van der Waals surface area contributed by atoms with Gasteiger partial charge in [-0.05, 0) is 54.3 Å². The number of nitrogens with one attached hydrogen (secondary N) is 2. The molecule has 0 aliphatic rings. The van der Waals surface area contributed by atoms with E-state index in [4.69, 9.17) is 4.42 Å². The van der Waals surface area contributed by atoms with E-state index < -0.39 is 28.7 Å². The highest BCUT2D eigenvalue weighted by Crippen LogP contribution is 2.15. The Morgan fingerprint density at radius 2 is 1.97 bits per heavy atom. The number of carbonyl (C=O) groups is 3. The minimum atomic E-state index is -1.20. The third-order valence-electron chi connectivity index (χ3n) is 3.87. The Labute approximate surface area is 175 Å². The summed E-state index contributed by atoms with van der Waals surface area (Å²) >= 11 is 1.43. The molecule has 1 aromatic heterocycles. The summed E-state index contributed by atoms with van der Waals surface area (Å²) < 4.78 is 5.00. The number of carboxylic acids is 1. The highest BCUT2D eigenvalue weighted by Gasteiger charge is 2.23. The molecule has 10 nitrogen and oxygen atoms in total. The Hall–Kier alpha value is -3.60. The molecule has 2 amide bonds. The van der Waals surface area contributed by atoms with Crippen LogP contribution in [0, 0.1) is 10.1 Å². The Balaban J connectivity index is 2.29. The first-order valence-electron chi connectivity index (χ1n) is 8.65. The van der Waals surface area contributed by atoms with E-state index in [0.717, 1.165) is 0 Å². The van der Waals surface area contributed by atoms with Gasteiger partial charge in [0.15, 0.2) is 5.76 Å². The van der Waals surface area contributed by atoms with Crippen molar-refractivity contribution in [2.75, 3.05) is 12.0 Å². The van der Waals surface area contributed by atoms with E-state index in [-0.39, 0.29) is 23.6 Å².